The second kappa shape index (κ2) is 6.98. The predicted octanol–water partition coefficient (Wildman–Crippen LogP) is 2.54. The van der Waals surface area contributed by atoms with E-state index in [1.807, 2.05) is 6.07 Å². The second-order valence-corrected chi connectivity index (χ2v) is 7.81. The van der Waals surface area contributed by atoms with E-state index in [0.29, 0.717) is 17.2 Å². The summed E-state index contributed by atoms with van der Waals surface area (Å²) in [7, 11) is 0. The molecule has 3 heterocycles. The Morgan fingerprint density at radius 3 is 2.77 bits per heavy atom. The Bertz CT molecular complexity index is 895. The number of hydrogen-bond donors (Lipinski definition) is 2. The van der Waals surface area contributed by atoms with E-state index in [1.54, 1.807) is 36.9 Å². The minimum Gasteiger partial charge on any atom is -0.443 e. The zero-order valence-corrected chi connectivity index (χ0v) is 15.4. The molecule has 3 rings (SSSR count). The molecule has 2 aromatic heterocycles. The van der Waals surface area contributed by atoms with Crippen LogP contribution in [0.4, 0.5) is 0 Å². The molecule has 0 aliphatic carbocycles. The van der Waals surface area contributed by atoms with Crippen molar-refractivity contribution >= 4 is 23.2 Å². The minimum absolute atomic E-state index is 0.0865. The monoisotopic (exact) mass is 372 g/mol. The SMILES string of the molecule is CC(C)(O)C#Cc1ccc(C(=O)N2CCCC2c2ccc(C(N)=O)s2)o1. The van der Waals surface area contributed by atoms with Crippen molar-refractivity contribution in [1.29, 1.82) is 0 Å². The molecule has 3 N–H and O–H groups in total. The Balaban J connectivity index is 1.79. The topological polar surface area (TPSA) is 96.8 Å². The molecule has 1 aliphatic rings. The Hall–Kier alpha value is -2.56. The van der Waals surface area contributed by atoms with Gasteiger partial charge in [0.15, 0.2) is 11.5 Å². The van der Waals surface area contributed by atoms with E-state index < -0.39 is 11.5 Å². The van der Waals surface area contributed by atoms with Crippen LogP contribution in [0.15, 0.2) is 28.7 Å². The molecular formula is C19H20N2O4S. The van der Waals surface area contributed by atoms with Gasteiger partial charge in [-0.25, -0.2) is 0 Å². The van der Waals surface area contributed by atoms with E-state index in [1.165, 1.54) is 11.3 Å². The highest BCUT2D eigenvalue weighted by molar-refractivity contribution is 7.14. The molecule has 0 radical (unpaired) electrons. The molecular weight excluding hydrogens is 352 g/mol. The van der Waals surface area contributed by atoms with Crippen molar-refractivity contribution in [3.63, 3.8) is 0 Å². The number of primary amides is 1. The average Bonchev–Trinajstić information content (AvgIpc) is 3.29. The number of thiophene rings is 1. The highest BCUT2D eigenvalue weighted by atomic mass is 32.1. The van der Waals surface area contributed by atoms with Gasteiger partial charge in [0.1, 0.15) is 5.60 Å². The van der Waals surface area contributed by atoms with Crippen LogP contribution in [0.1, 0.15) is 63.6 Å². The number of likely N-dealkylation sites (tertiary alicyclic amines) is 1. The van der Waals surface area contributed by atoms with Gasteiger partial charge in [-0.05, 0) is 56.9 Å². The molecule has 2 amide bonds. The molecule has 1 saturated heterocycles. The van der Waals surface area contributed by atoms with Crippen LogP contribution in [0.25, 0.3) is 0 Å². The van der Waals surface area contributed by atoms with Crippen LogP contribution < -0.4 is 5.73 Å². The number of nitrogens with two attached hydrogens (primary N) is 1. The first-order valence-electron chi connectivity index (χ1n) is 8.30. The van der Waals surface area contributed by atoms with Gasteiger partial charge in [0.2, 0.25) is 0 Å². The number of furan rings is 1. The van der Waals surface area contributed by atoms with Gasteiger partial charge in [-0.2, -0.15) is 0 Å². The molecule has 0 saturated carbocycles. The number of hydrogen-bond acceptors (Lipinski definition) is 5. The fourth-order valence-electron chi connectivity index (χ4n) is 2.85. The third-order valence-corrected chi connectivity index (χ3v) is 5.22. The van der Waals surface area contributed by atoms with Gasteiger partial charge >= 0.3 is 0 Å². The quantitative estimate of drug-likeness (QED) is 0.809. The molecule has 0 bridgehead atoms. The smallest absolute Gasteiger partial charge is 0.290 e. The molecule has 26 heavy (non-hydrogen) atoms. The van der Waals surface area contributed by atoms with E-state index in [-0.39, 0.29) is 17.7 Å². The van der Waals surface area contributed by atoms with E-state index in [9.17, 15) is 14.7 Å². The standard InChI is InChI=1S/C19H20N2O4S/c1-19(2,24)10-9-12-5-6-14(25-12)18(23)21-11-3-4-13(21)15-7-8-16(26-15)17(20)22/h5-8,13,24H,3-4,11H2,1-2H3,(H2,20,22). The second-order valence-electron chi connectivity index (χ2n) is 6.70. The number of carbonyl (C=O) groups excluding carboxylic acids is 2. The van der Waals surface area contributed by atoms with Crippen molar-refractivity contribution in [2.24, 2.45) is 5.73 Å². The van der Waals surface area contributed by atoms with Crippen molar-refractivity contribution in [2.75, 3.05) is 6.54 Å². The van der Waals surface area contributed by atoms with E-state index in [2.05, 4.69) is 11.8 Å². The van der Waals surface area contributed by atoms with Crippen molar-refractivity contribution in [2.45, 2.75) is 38.3 Å². The van der Waals surface area contributed by atoms with Gasteiger partial charge in [0, 0.05) is 11.4 Å². The number of aliphatic hydroxyl groups is 1. The van der Waals surface area contributed by atoms with Crippen LogP contribution in [0.3, 0.4) is 0 Å². The average molecular weight is 372 g/mol. The Labute approximate surface area is 155 Å². The van der Waals surface area contributed by atoms with Crippen molar-refractivity contribution in [3.8, 4) is 11.8 Å². The van der Waals surface area contributed by atoms with Gasteiger partial charge in [0.05, 0.1) is 10.9 Å². The fraction of sp³-hybridized carbons (Fsp3) is 0.368. The molecule has 1 unspecified atom stereocenters. The number of rotatable bonds is 3. The van der Waals surface area contributed by atoms with Crippen LogP contribution in [0.5, 0.6) is 0 Å². The maximum Gasteiger partial charge on any atom is 0.290 e. The number of carbonyl (C=O) groups is 2. The summed E-state index contributed by atoms with van der Waals surface area (Å²) in [6.45, 7) is 3.77. The van der Waals surface area contributed by atoms with E-state index >= 15 is 0 Å². The summed E-state index contributed by atoms with van der Waals surface area (Å²) in [5.41, 5.74) is 4.19. The lowest BCUT2D eigenvalue weighted by molar-refractivity contribution is 0.0705. The maximum atomic E-state index is 12.8. The lowest BCUT2D eigenvalue weighted by atomic mass is 10.1. The minimum atomic E-state index is -1.13. The van der Waals surface area contributed by atoms with Crippen LogP contribution in [0.2, 0.25) is 0 Å². The largest absolute Gasteiger partial charge is 0.443 e. The van der Waals surface area contributed by atoms with Crippen LogP contribution in [-0.4, -0.2) is 34.0 Å². The molecule has 1 fully saturated rings. The lowest BCUT2D eigenvalue weighted by Gasteiger charge is -2.22. The lowest BCUT2D eigenvalue weighted by Crippen LogP contribution is -2.29. The van der Waals surface area contributed by atoms with E-state index in [4.69, 9.17) is 10.2 Å². The summed E-state index contributed by atoms with van der Waals surface area (Å²) < 4.78 is 5.53. The Morgan fingerprint density at radius 2 is 2.12 bits per heavy atom. The van der Waals surface area contributed by atoms with Crippen LogP contribution >= 0.6 is 11.3 Å². The van der Waals surface area contributed by atoms with Gasteiger partial charge < -0.3 is 20.2 Å². The molecule has 6 nitrogen and oxygen atoms in total. The van der Waals surface area contributed by atoms with Gasteiger partial charge in [0.25, 0.3) is 11.8 Å². The maximum absolute atomic E-state index is 12.8. The number of amides is 2. The van der Waals surface area contributed by atoms with Gasteiger partial charge in [-0.3, -0.25) is 9.59 Å². The molecule has 1 atom stereocenters. The zero-order chi connectivity index (χ0) is 18.9. The van der Waals surface area contributed by atoms with Crippen molar-refractivity contribution in [3.05, 3.63) is 45.5 Å². The zero-order valence-electron chi connectivity index (χ0n) is 14.6. The number of nitrogens with zero attached hydrogens (tertiary/aromatic N) is 1. The Kier molecular flexibility index (Phi) is 4.90. The van der Waals surface area contributed by atoms with Crippen molar-refractivity contribution < 1.29 is 19.1 Å². The molecule has 0 aromatic carbocycles. The fourth-order valence-corrected chi connectivity index (χ4v) is 3.85. The summed E-state index contributed by atoms with van der Waals surface area (Å²) in [5, 5.41) is 9.65. The third-order valence-electron chi connectivity index (χ3n) is 4.02. The molecule has 7 heteroatoms. The third kappa shape index (κ3) is 3.98. The van der Waals surface area contributed by atoms with Crippen LogP contribution in [0, 0.1) is 11.8 Å². The van der Waals surface area contributed by atoms with Gasteiger partial charge in [-0.15, -0.1) is 11.3 Å². The first kappa shape index (κ1) is 18.2. The van der Waals surface area contributed by atoms with E-state index in [0.717, 1.165) is 17.7 Å². The van der Waals surface area contributed by atoms with Crippen molar-refractivity contribution in [1.82, 2.24) is 4.90 Å². The highest BCUT2D eigenvalue weighted by Gasteiger charge is 2.33. The first-order valence-corrected chi connectivity index (χ1v) is 9.12. The van der Waals surface area contributed by atoms with Crippen LogP contribution in [-0.2, 0) is 0 Å². The molecule has 0 spiro atoms. The molecule has 136 valence electrons. The molecule has 1 aliphatic heterocycles. The summed E-state index contributed by atoms with van der Waals surface area (Å²) in [6, 6.07) is 6.67. The summed E-state index contributed by atoms with van der Waals surface area (Å²) in [4.78, 5) is 27.3. The van der Waals surface area contributed by atoms with Gasteiger partial charge in [-0.1, -0.05) is 5.92 Å². The normalized spacial score (nSPS) is 17.0. The molecule has 2 aromatic rings. The first-order chi connectivity index (χ1) is 12.2. The summed E-state index contributed by atoms with van der Waals surface area (Å²) in [6.07, 6.45) is 1.71. The Morgan fingerprint density at radius 1 is 1.35 bits per heavy atom. The highest BCUT2D eigenvalue weighted by Crippen LogP contribution is 2.36. The summed E-state index contributed by atoms with van der Waals surface area (Å²) >= 11 is 1.32. The predicted molar refractivity (Wildman–Crippen MR) is 97.7 cm³/mol. The summed E-state index contributed by atoms with van der Waals surface area (Å²) in [5.74, 6) is 5.25.